The van der Waals surface area contributed by atoms with Crippen molar-refractivity contribution in [3.8, 4) is 11.4 Å². The fourth-order valence-corrected chi connectivity index (χ4v) is 2.01. The van der Waals surface area contributed by atoms with Gasteiger partial charge in [0.1, 0.15) is 11.6 Å². The molecule has 1 heterocycles. The SMILES string of the molecule is O=c1[nH]c(-c2cccc([N+](=O)[O-])c2)nc2ccc(F)cc12. The van der Waals surface area contributed by atoms with E-state index in [1.165, 1.54) is 30.3 Å². The number of aromatic amines is 1. The summed E-state index contributed by atoms with van der Waals surface area (Å²) in [5.74, 6) is -0.333. The molecule has 0 saturated heterocycles. The topological polar surface area (TPSA) is 88.9 Å². The highest BCUT2D eigenvalue weighted by atomic mass is 19.1. The molecule has 21 heavy (non-hydrogen) atoms. The molecule has 0 bridgehead atoms. The first-order valence-corrected chi connectivity index (χ1v) is 5.99. The van der Waals surface area contributed by atoms with Gasteiger partial charge in [-0.2, -0.15) is 0 Å². The molecule has 0 radical (unpaired) electrons. The first-order chi connectivity index (χ1) is 10.0. The minimum Gasteiger partial charge on any atom is -0.306 e. The Labute approximate surface area is 117 Å². The summed E-state index contributed by atoms with van der Waals surface area (Å²) in [6, 6.07) is 9.44. The Hall–Kier alpha value is -3.09. The molecule has 2 aromatic carbocycles. The summed E-state index contributed by atoms with van der Waals surface area (Å²) in [4.78, 5) is 28.9. The van der Waals surface area contributed by atoms with Gasteiger partial charge in [-0.3, -0.25) is 14.9 Å². The number of hydrogen-bond acceptors (Lipinski definition) is 4. The Kier molecular flexibility index (Phi) is 2.94. The van der Waals surface area contributed by atoms with Crippen molar-refractivity contribution in [1.29, 1.82) is 0 Å². The Morgan fingerprint density at radius 2 is 2.00 bits per heavy atom. The molecule has 1 N–H and O–H groups in total. The molecular formula is C14H8FN3O3. The van der Waals surface area contributed by atoms with Crippen LogP contribution in [0.15, 0.2) is 47.3 Å². The lowest BCUT2D eigenvalue weighted by atomic mass is 10.1. The highest BCUT2D eigenvalue weighted by molar-refractivity contribution is 5.79. The summed E-state index contributed by atoms with van der Waals surface area (Å²) in [6.45, 7) is 0. The van der Waals surface area contributed by atoms with Crippen molar-refractivity contribution in [2.24, 2.45) is 0 Å². The van der Waals surface area contributed by atoms with E-state index in [1.54, 1.807) is 6.07 Å². The number of halogens is 1. The molecule has 0 atom stereocenters. The number of non-ortho nitro benzene ring substituents is 1. The van der Waals surface area contributed by atoms with Crippen LogP contribution in [-0.4, -0.2) is 14.9 Å². The van der Waals surface area contributed by atoms with Gasteiger partial charge in [-0.05, 0) is 18.2 Å². The average molecular weight is 285 g/mol. The fraction of sp³-hybridized carbons (Fsp3) is 0. The normalized spacial score (nSPS) is 10.7. The lowest BCUT2D eigenvalue weighted by molar-refractivity contribution is -0.384. The minimum atomic E-state index is -0.530. The third-order valence-electron chi connectivity index (χ3n) is 3.00. The highest BCUT2D eigenvalue weighted by Crippen LogP contribution is 2.21. The third kappa shape index (κ3) is 2.36. The molecule has 0 spiro atoms. The van der Waals surface area contributed by atoms with E-state index in [4.69, 9.17) is 0 Å². The van der Waals surface area contributed by atoms with Crippen molar-refractivity contribution >= 4 is 16.6 Å². The van der Waals surface area contributed by atoms with E-state index >= 15 is 0 Å². The number of benzene rings is 2. The van der Waals surface area contributed by atoms with E-state index in [-0.39, 0.29) is 16.9 Å². The lowest BCUT2D eigenvalue weighted by Gasteiger charge is -2.03. The summed E-state index contributed by atoms with van der Waals surface area (Å²) >= 11 is 0. The predicted molar refractivity (Wildman–Crippen MR) is 74.4 cm³/mol. The van der Waals surface area contributed by atoms with E-state index in [9.17, 15) is 19.3 Å². The van der Waals surface area contributed by atoms with Gasteiger partial charge in [0.15, 0.2) is 0 Å². The summed E-state index contributed by atoms with van der Waals surface area (Å²) in [5.41, 5.74) is 0.129. The van der Waals surface area contributed by atoms with Crippen LogP contribution in [0.3, 0.4) is 0 Å². The van der Waals surface area contributed by atoms with Gasteiger partial charge < -0.3 is 4.98 Å². The number of rotatable bonds is 2. The largest absolute Gasteiger partial charge is 0.306 e. The number of hydrogen-bond donors (Lipinski definition) is 1. The van der Waals surface area contributed by atoms with Crippen LogP contribution in [0.25, 0.3) is 22.3 Å². The molecule has 104 valence electrons. The first-order valence-electron chi connectivity index (χ1n) is 5.99. The molecule has 0 unspecified atom stereocenters. The van der Waals surface area contributed by atoms with Gasteiger partial charge in [-0.15, -0.1) is 0 Å². The molecular weight excluding hydrogens is 277 g/mol. The number of fused-ring (bicyclic) bond motifs is 1. The Balaban J connectivity index is 2.22. The molecule has 6 nitrogen and oxygen atoms in total. The quantitative estimate of drug-likeness (QED) is 0.579. The number of H-pyrrole nitrogens is 1. The standard InChI is InChI=1S/C14H8FN3O3/c15-9-4-5-12-11(7-9)14(19)17-13(16-12)8-2-1-3-10(6-8)18(20)21/h1-7H,(H,16,17,19). The minimum absolute atomic E-state index is 0.102. The van der Waals surface area contributed by atoms with Gasteiger partial charge in [-0.25, -0.2) is 9.37 Å². The second-order valence-corrected chi connectivity index (χ2v) is 4.38. The molecule has 1 aromatic heterocycles. The molecule has 3 aromatic rings. The zero-order valence-electron chi connectivity index (χ0n) is 10.5. The van der Waals surface area contributed by atoms with Crippen LogP contribution in [0.5, 0.6) is 0 Å². The molecule has 0 aliphatic rings. The second kappa shape index (κ2) is 4.78. The maximum Gasteiger partial charge on any atom is 0.270 e. The zero-order chi connectivity index (χ0) is 15.0. The Morgan fingerprint density at radius 1 is 1.19 bits per heavy atom. The van der Waals surface area contributed by atoms with Crippen molar-refractivity contribution in [1.82, 2.24) is 9.97 Å². The summed E-state index contributed by atoms with van der Waals surface area (Å²) in [6.07, 6.45) is 0. The van der Waals surface area contributed by atoms with Crippen LogP contribution in [0.4, 0.5) is 10.1 Å². The number of nitrogens with zero attached hydrogens (tertiary/aromatic N) is 2. The first kappa shape index (κ1) is 12.9. The zero-order valence-corrected chi connectivity index (χ0v) is 10.5. The molecule has 0 aliphatic carbocycles. The number of nitro groups is 1. The smallest absolute Gasteiger partial charge is 0.270 e. The molecule has 0 amide bonds. The maximum atomic E-state index is 13.1. The van der Waals surface area contributed by atoms with Gasteiger partial charge >= 0.3 is 0 Å². The summed E-state index contributed by atoms with van der Waals surface area (Å²) < 4.78 is 13.1. The monoisotopic (exact) mass is 285 g/mol. The van der Waals surface area contributed by atoms with Crippen molar-refractivity contribution in [2.45, 2.75) is 0 Å². The van der Waals surface area contributed by atoms with E-state index in [0.717, 1.165) is 6.07 Å². The summed E-state index contributed by atoms with van der Waals surface area (Å²) in [7, 11) is 0. The predicted octanol–water partition coefficient (Wildman–Crippen LogP) is 2.64. The van der Waals surface area contributed by atoms with Gasteiger partial charge in [0.2, 0.25) is 0 Å². The summed E-state index contributed by atoms with van der Waals surface area (Å²) in [5, 5.41) is 10.9. The number of nitro benzene ring substituents is 1. The van der Waals surface area contributed by atoms with Crippen LogP contribution in [0.1, 0.15) is 0 Å². The Morgan fingerprint density at radius 3 is 2.76 bits per heavy atom. The van der Waals surface area contributed by atoms with Crippen molar-refractivity contribution < 1.29 is 9.31 Å². The molecule has 0 fully saturated rings. The fourth-order valence-electron chi connectivity index (χ4n) is 2.01. The van der Waals surface area contributed by atoms with E-state index in [2.05, 4.69) is 9.97 Å². The van der Waals surface area contributed by atoms with Gasteiger partial charge in [0.25, 0.3) is 11.2 Å². The average Bonchev–Trinajstić information content (AvgIpc) is 2.48. The number of aromatic nitrogens is 2. The van der Waals surface area contributed by atoms with Gasteiger partial charge in [0.05, 0.1) is 15.8 Å². The second-order valence-electron chi connectivity index (χ2n) is 4.38. The molecule has 3 rings (SSSR count). The van der Waals surface area contributed by atoms with Crippen molar-refractivity contribution in [3.05, 3.63) is 68.7 Å². The van der Waals surface area contributed by atoms with Crippen LogP contribution >= 0.6 is 0 Å². The van der Waals surface area contributed by atoms with Gasteiger partial charge in [-0.1, -0.05) is 12.1 Å². The van der Waals surface area contributed by atoms with Crippen molar-refractivity contribution in [2.75, 3.05) is 0 Å². The molecule has 7 heteroatoms. The lowest BCUT2D eigenvalue weighted by Crippen LogP contribution is -2.09. The van der Waals surface area contributed by atoms with Crippen LogP contribution in [0, 0.1) is 15.9 Å². The van der Waals surface area contributed by atoms with E-state index in [0.29, 0.717) is 11.1 Å². The third-order valence-corrected chi connectivity index (χ3v) is 3.00. The van der Waals surface area contributed by atoms with Gasteiger partial charge in [0, 0.05) is 17.7 Å². The molecule has 0 aliphatic heterocycles. The van der Waals surface area contributed by atoms with Crippen LogP contribution in [0.2, 0.25) is 0 Å². The van der Waals surface area contributed by atoms with Crippen LogP contribution in [-0.2, 0) is 0 Å². The van der Waals surface area contributed by atoms with E-state index < -0.39 is 16.3 Å². The highest BCUT2D eigenvalue weighted by Gasteiger charge is 2.10. The van der Waals surface area contributed by atoms with Crippen LogP contribution < -0.4 is 5.56 Å². The van der Waals surface area contributed by atoms with Crippen molar-refractivity contribution in [3.63, 3.8) is 0 Å². The van der Waals surface area contributed by atoms with E-state index in [1.807, 2.05) is 0 Å². The maximum absolute atomic E-state index is 13.1. The Bertz CT molecular complexity index is 921. The molecule has 0 saturated carbocycles. The number of nitrogens with one attached hydrogen (secondary N) is 1.